The van der Waals surface area contributed by atoms with Gasteiger partial charge in [0.15, 0.2) is 6.29 Å². The van der Waals surface area contributed by atoms with E-state index in [1.807, 2.05) is 12.1 Å². The Hall–Kier alpha value is -0.850. The Balaban J connectivity index is 2.64. The van der Waals surface area contributed by atoms with E-state index in [9.17, 15) is 0 Å². The summed E-state index contributed by atoms with van der Waals surface area (Å²) in [6.45, 7) is 0. The fourth-order valence-corrected chi connectivity index (χ4v) is 2.38. The van der Waals surface area contributed by atoms with Crippen LogP contribution in [0.3, 0.4) is 0 Å². The maximum Gasteiger partial charge on any atom is 0.160 e. The highest BCUT2D eigenvalue weighted by atomic mass is 16.7. The van der Waals surface area contributed by atoms with Crippen LogP contribution in [0.4, 0.5) is 0 Å². The highest BCUT2D eigenvalue weighted by Gasteiger charge is 2.30. The first kappa shape index (κ1) is 12.2. The lowest BCUT2D eigenvalue weighted by atomic mass is 9.78. The van der Waals surface area contributed by atoms with Crippen LogP contribution >= 0.6 is 0 Å². The summed E-state index contributed by atoms with van der Waals surface area (Å²) >= 11 is 0. The number of allylic oxidation sites excluding steroid dienone is 2. The standard InChI is InChI=1S/C12H19NO2/c1-14-12(15-2)11-8-4-3-6-10(11)7-5-9-13/h5,7,10-12H,3-4,6,8H2,1-2H3. The van der Waals surface area contributed by atoms with E-state index in [1.165, 1.54) is 12.8 Å². The minimum absolute atomic E-state index is 0.140. The molecule has 1 saturated carbocycles. The van der Waals surface area contributed by atoms with Crippen LogP contribution in [0.15, 0.2) is 12.2 Å². The summed E-state index contributed by atoms with van der Waals surface area (Å²) in [5.41, 5.74) is 0. The minimum Gasteiger partial charge on any atom is -0.356 e. The lowest BCUT2D eigenvalue weighted by molar-refractivity contribution is -0.151. The quantitative estimate of drug-likeness (QED) is 0.527. The second-order valence-corrected chi connectivity index (χ2v) is 3.94. The molecule has 0 aromatic heterocycles. The van der Waals surface area contributed by atoms with Crippen molar-refractivity contribution in [3.63, 3.8) is 0 Å². The molecule has 3 heteroatoms. The normalized spacial score (nSPS) is 27.1. The summed E-state index contributed by atoms with van der Waals surface area (Å²) in [7, 11) is 3.35. The Morgan fingerprint density at radius 2 is 1.93 bits per heavy atom. The molecule has 2 unspecified atom stereocenters. The van der Waals surface area contributed by atoms with E-state index in [0.717, 1.165) is 12.8 Å². The van der Waals surface area contributed by atoms with Crippen LogP contribution in [-0.4, -0.2) is 20.5 Å². The molecular weight excluding hydrogens is 190 g/mol. The lowest BCUT2D eigenvalue weighted by Gasteiger charge is -2.33. The Kier molecular flexibility index (Phi) is 5.38. The van der Waals surface area contributed by atoms with Gasteiger partial charge in [-0.2, -0.15) is 5.26 Å². The van der Waals surface area contributed by atoms with E-state index >= 15 is 0 Å². The highest BCUT2D eigenvalue weighted by Crippen LogP contribution is 2.34. The molecule has 0 radical (unpaired) electrons. The van der Waals surface area contributed by atoms with Gasteiger partial charge in [-0.05, 0) is 18.8 Å². The van der Waals surface area contributed by atoms with Gasteiger partial charge in [-0.25, -0.2) is 0 Å². The number of hydrogen-bond acceptors (Lipinski definition) is 3. The van der Waals surface area contributed by atoms with Crippen LogP contribution in [0.2, 0.25) is 0 Å². The fraction of sp³-hybridized carbons (Fsp3) is 0.750. The van der Waals surface area contributed by atoms with E-state index in [4.69, 9.17) is 14.7 Å². The van der Waals surface area contributed by atoms with Crippen molar-refractivity contribution in [3.8, 4) is 6.07 Å². The second-order valence-electron chi connectivity index (χ2n) is 3.94. The molecule has 1 aliphatic rings. The average molecular weight is 209 g/mol. The molecular formula is C12H19NO2. The minimum atomic E-state index is -0.140. The van der Waals surface area contributed by atoms with Crippen molar-refractivity contribution in [3.05, 3.63) is 12.2 Å². The molecule has 0 heterocycles. The van der Waals surface area contributed by atoms with Crippen LogP contribution in [0.25, 0.3) is 0 Å². The van der Waals surface area contributed by atoms with E-state index in [2.05, 4.69) is 0 Å². The van der Waals surface area contributed by atoms with Crippen LogP contribution in [0.5, 0.6) is 0 Å². The molecule has 0 N–H and O–H groups in total. The average Bonchev–Trinajstić information content (AvgIpc) is 2.29. The van der Waals surface area contributed by atoms with Gasteiger partial charge < -0.3 is 9.47 Å². The molecule has 0 saturated heterocycles. The number of ether oxygens (including phenoxy) is 2. The molecule has 3 nitrogen and oxygen atoms in total. The van der Waals surface area contributed by atoms with Crippen molar-refractivity contribution >= 4 is 0 Å². The Morgan fingerprint density at radius 1 is 1.27 bits per heavy atom. The van der Waals surface area contributed by atoms with Crippen molar-refractivity contribution in [1.82, 2.24) is 0 Å². The number of nitriles is 1. The summed E-state index contributed by atoms with van der Waals surface area (Å²) in [5.74, 6) is 0.807. The highest BCUT2D eigenvalue weighted by molar-refractivity contribution is 5.05. The Morgan fingerprint density at radius 3 is 2.53 bits per heavy atom. The number of rotatable bonds is 4. The molecule has 2 atom stereocenters. The number of hydrogen-bond donors (Lipinski definition) is 0. The van der Waals surface area contributed by atoms with Crippen molar-refractivity contribution in [1.29, 1.82) is 5.26 Å². The SMILES string of the molecule is COC(OC)C1CCCCC1C=CC#N. The molecule has 1 rings (SSSR count). The molecule has 0 bridgehead atoms. The molecule has 84 valence electrons. The molecule has 1 fully saturated rings. The summed E-state index contributed by atoms with van der Waals surface area (Å²) in [5, 5.41) is 8.54. The first-order chi connectivity index (χ1) is 7.33. The van der Waals surface area contributed by atoms with Crippen LogP contribution < -0.4 is 0 Å². The van der Waals surface area contributed by atoms with Gasteiger partial charge in [0, 0.05) is 26.2 Å². The summed E-state index contributed by atoms with van der Waals surface area (Å²) in [6, 6.07) is 2.05. The molecule has 0 amide bonds. The summed E-state index contributed by atoms with van der Waals surface area (Å²) < 4.78 is 10.6. The predicted octanol–water partition coefficient (Wildman–Crippen LogP) is 2.49. The van der Waals surface area contributed by atoms with Gasteiger partial charge in [-0.15, -0.1) is 0 Å². The molecule has 15 heavy (non-hydrogen) atoms. The van der Waals surface area contributed by atoms with E-state index < -0.39 is 0 Å². The zero-order valence-corrected chi connectivity index (χ0v) is 9.48. The first-order valence-electron chi connectivity index (χ1n) is 5.45. The van der Waals surface area contributed by atoms with Gasteiger partial charge in [0.05, 0.1) is 6.07 Å². The number of nitrogens with zero attached hydrogens (tertiary/aromatic N) is 1. The monoisotopic (exact) mass is 209 g/mol. The maximum absolute atomic E-state index is 8.54. The molecule has 1 aliphatic carbocycles. The third-order valence-corrected chi connectivity index (χ3v) is 3.11. The van der Waals surface area contributed by atoms with E-state index in [0.29, 0.717) is 11.8 Å². The Bertz CT molecular complexity index is 240. The van der Waals surface area contributed by atoms with Gasteiger partial charge in [0.25, 0.3) is 0 Å². The van der Waals surface area contributed by atoms with Crippen LogP contribution in [-0.2, 0) is 9.47 Å². The largest absolute Gasteiger partial charge is 0.356 e. The topological polar surface area (TPSA) is 42.2 Å². The second kappa shape index (κ2) is 6.60. The predicted molar refractivity (Wildman–Crippen MR) is 58.0 cm³/mol. The van der Waals surface area contributed by atoms with Gasteiger partial charge in [0.2, 0.25) is 0 Å². The van der Waals surface area contributed by atoms with Crippen molar-refractivity contribution < 1.29 is 9.47 Å². The van der Waals surface area contributed by atoms with Crippen LogP contribution in [0, 0.1) is 23.2 Å². The van der Waals surface area contributed by atoms with E-state index in [1.54, 1.807) is 20.3 Å². The fourth-order valence-electron chi connectivity index (χ4n) is 2.38. The van der Waals surface area contributed by atoms with E-state index in [-0.39, 0.29) is 6.29 Å². The van der Waals surface area contributed by atoms with Gasteiger partial charge in [0.1, 0.15) is 0 Å². The zero-order chi connectivity index (χ0) is 11.1. The lowest BCUT2D eigenvalue weighted by Crippen LogP contribution is -2.32. The summed E-state index contributed by atoms with van der Waals surface area (Å²) in [6.07, 6.45) is 8.14. The van der Waals surface area contributed by atoms with Gasteiger partial charge >= 0.3 is 0 Å². The van der Waals surface area contributed by atoms with Gasteiger partial charge in [-0.3, -0.25) is 0 Å². The van der Waals surface area contributed by atoms with Crippen molar-refractivity contribution in [2.45, 2.75) is 32.0 Å². The number of methoxy groups -OCH3 is 2. The van der Waals surface area contributed by atoms with Crippen molar-refractivity contribution in [2.75, 3.05) is 14.2 Å². The third-order valence-electron chi connectivity index (χ3n) is 3.11. The van der Waals surface area contributed by atoms with Gasteiger partial charge in [-0.1, -0.05) is 18.9 Å². The smallest absolute Gasteiger partial charge is 0.160 e. The zero-order valence-electron chi connectivity index (χ0n) is 9.48. The first-order valence-corrected chi connectivity index (χ1v) is 5.45. The van der Waals surface area contributed by atoms with Crippen molar-refractivity contribution in [2.24, 2.45) is 11.8 Å². The summed E-state index contributed by atoms with van der Waals surface area (Å²) in [4.78, 5) is 0. The molecule has 0 aromatic rings. The maximum atomic E-state index is 8.54. The van der Waals surface area contributed by atoms with Crippen LogP contribution in [0.1, 0.15) is 25.7 Å². The third kappa shape index (κ3) is 3.33. The molecule has 0 aromatic carbocycles. The molecule has 0 aliphatic heterocycles. The molecule has 0 spiro atoms. The Labute approximate surface area is 91.7 Å².